The second kappa shape index (κ2) is 8.64. The molecule has 3 amide bonds. The zero-order chi connectivity index (χ0) is 21.7. The minimum atomic E-state index is -4.52. The molecule has 3 aromatic rings. The largest absolute Gasteiger partial charge is 0.416 e. The van der Waals surface area contributed by atoms with Crippen molar-refractivity contribution < 1.29 is 27.2 Å². The monoisotopic (exact) mass is 417 g/mol. The van der Waals surface area contributed by atoms with Gasteiger partial charge in [0, 0.05) is 22.6 Å². The molecule has 0 spiro atoms. The number of urea groups is 1. The van der Waals surface area contributed by atoms with Gasteiger partial charge in [0.05, 0.1) is 5.56 Å². The Balaban J connectivity index is 1.64. The highest BCUT2D eigenvalue weighted by molar-refractivity contribution is 6.05. The molecule has 0 radical (unpaired) electrons. The molecule has 0 unspecified atom stereocenters. The Morgan fingerprint density at radius 2 is 1.23 bits per heavy atom. The van der Waals surface area contributed by atoms with Crippen molar-refractivity contribution >= 4 is 29.0 Å². The third kappa shape index (κ3) is 5.57. The number of carbonyl (C=O) groups is 2. The number of halogens is 4. The fourth-order valence-corrected chi connectivity index (χ4v) is 2.55. The van der Waals surface area contributed by atoms with Crippen molar-refractivity contribution in [1.82, 2.24) is 0 Å². The van der Waals surface area contributed by atoms with Crippen LogP contribution in [0.5, 0.6) is 0 Å². The van der Waals surface area contributed by atoms with E-state index in [4.69, 9.17) is 0 Å². The first-order chi connectivity index (χ1) is 14.2. The lowest BCUT2D eigenvalue weighted by molar-refractivity contribution is -0.137. The van der Waals surface area contributed by atoms with Crippen LogP contribution in [0.2, 0.25) is 0 Å². The van der Waals surface area contributed by atoms with Gasteiger partial charge in [-0.05, 0) is 60.7 Å². The van der Waals surface area contributed by atoms with Crippen LogP contribution in [-0.2, 0) is 6.18 Å². The smallest absolute Gasteiger partial charge is 0.322 e. The first-order valence-corrected chi connectivity index (χ1v) is 8.63. The maximum absolute atomic E-state index is 13.0. The van der Waals surface area contributed by atoms with Gasteiger partial charge in [-0.1, -0.05) is 12.1 Å². The van der Waals surface area contributed by atoms with E-state index in [1.165, 1.54) is 30.3 Å². The average Bonchev–Trinajstić information content (AvgIpc) is 2.68. The predicted octanol–water partition coefficient (Wildman–Crippen LogP) is 5.74. The highest BCUT2D eigenvalue weighted by Crippen LogP contribution is 2.30. The molecule has 0 aromatic heterocycles. The number of anilines is 3. The molecule has 0 aliphatic heterocycles. The molecule has 3 N–H and O–H groups in total. The van der Waals surface area contributed by atoms with Crippen molar-refractivity contribution in [3.63, 3.8) is 0 Å². The second-order valence-electron chi connectivity index (χ2n) is 6.20. The summed E-state index contributed by atoms with van der Waals surface area (Å²) in [7, 11) is 0. The van der Waals surface area contributed by atoms with Crippen LogP contribution in [0.15, 0.2) is 72.8 Å². The Morgan fingerprint density at radius 1 is 0.700 bits per heavy atom. The van der Waals surface area contributed by atoms with Crippen molar-refractivity contribution in [2.75, 3.05) is 16.0 Å². The lowest BCUT2D eigenvalue weighted by Crippen LogP contribution is -2.20. The molecule has 0 heterocycles. The molecular weight excluding hydrogens is 402 g/mol. The van der Waals surface area contributed by atoms with E-state index in [1.54, 1.807) is 18.2 Å². The van der Waals surface area contributed by atoms with Gasteiger partial charge in [-0.15, -0.1) is 0 Å². The summed E-state index contributed by atoms with van der Waals surface area (Å²) in [6.07, 6.45) is -4.52. The Hall–Kier alpha value is -3.88. The van der Waals surface area contributed by atoms with Crippen molar-refractivity contribution in [3.05, 3.63) is 89.7 Å². The topological polar surface area (TPSA) is 70.2 Å². The molecule has 0 saturated carbocycles. The van der Waals surface area contributed by atoms with Gasteiger partial charge < -0.3 is 16.0 Å². The first kappa shape index (κ1) is 20.8. The van der Waals surface area contributed by atoms with E-state index < -0.39 is 29.5 Å². The highest BCUT2D eigenvalue weighted by Gasteiger charge is 2.30. The van der Waals surface area contributed by atoms with Gasteiger partial charge in [0.25, 0.3) is 5.91 Å². The summed E-state index contributed by atoms with van der Waals surface area (Å²) in [5, 5.41) is 7.41. The zero-order valence-electron chi connectivity index (χ0n) is 15.3. The fraction of sp³-hybridized carbons (Fsp3) is 0.0476. The normalized spacial score (nSPS) is 10.9. The van der Waals surface area contributed by atoms with Crippen LogP contribution in [-0.4, -0.2) is 11.9 Å². The number of hydrogen-bond acceptors (Lipinski definition) is 2. The zero-order valence-corrected chi connectivity index (χ0v) is 15.3. The Bertz CT molecular complexity index is 1070. The fourth-order valence-electron chi connectivity index (χ4n) is 2.55. The molecule has 3 aromatic carbocycles. The molecular formula is C21H15F4N3O2. The Labute approximate surface area is 168 Å². The quantitative estimate of drug-likeness (QED) is 0.474. The summed E-state index contributed by atoms with van der Waals surface area (Å²) in [5.41, 5.74) is 0.00326. The van der Waals surface area contributed by atoms with Crippen LogP contribution < -0.4 is 16.0 Å². The maximum Gasteiger partial charge on any atom is 0.416 e. The average molecular weight is 417 g/mol. The van der Waals surface area contributed by atoms with Gasteiger partial charge in [0.1, 0.15) is 5.82 Å². The molecule has 9 heteroatoms. The summed E-state index contributed by atoms with van der Waals surface area (Å²) in [6, 6.07) is 14.6. The SMILES string of the molecule is O=C(Nc1cccc(NC(=O)c2ccc(F)cc2)c1)Nc1cccc(C(F)(F)F)c1. The van der Waals surface area contributed by atoms with Gasteiger partial charge in [-0.25, -0.2) is 9.18 Å². The minimum absolute atomic E-state index is 0.0249. The molecule has 0 saturated heterocycles. The van der Waals surface area contributed by atoms with Crippen molar-refractivity contribution in [2.24, 2.45) is 0 Å². The summed E-state index contributed by atoms with van der Waals surface area (Å²) in [6.45, 7) is 0. The molecule has 30 heavy (non-hydrogen) atoms. The molecule has 3 rings (SSSR count). The van der Waals surface area contributed by atoms with Crippen molar-refractivity contribution in [3.8, 4) is 0 Å². The van der Waals surface area contributed by atoms with E-state index in [1.807, 2.05) is 0 Å². The minimum Gasteiger partial charge on any atom is -0.322 e. The van der Waals surface area contributed by atoms with E-state index in [9.17, 15) is 27.2 Å². The summed E-state index contributed by atoms with van der Waals surface area (Å²) in [4.78, 5) is 24.3. The van der Waals surface area contributed by atoms with E-state index in [-0.39, 0.29) is 11.3 Å². The molecule has 0 aliphatic carbocycles. The Morgan fingerprint density at radius 3 is 1.83 bits per heavy atom. The van der Waals surface area contributed by atoms with Gasteiger partial charge in [0.2, 0.25) is 0 Å². The van der Waals surface area contributed by atoms with E-state index in [0.29, 0.717) is 11.4 Å². The third-order valence-corrected chi connectivity index (χ3v) is 3.93. The second-order valence-corrected chi connectivity index (χ2v) is 6.20. The lowest BCUT2D eigenvalue weighted by Gasteiger charge is -2.12. The van der Waals surface area contributed by atoms with Gasteiger partial charge >= 0.3 is 12.2 Å². The van der Waals surface area contributed by atoms with Crippen LogP contribution in [0.1, 0.15) is 15.9 Å². The van der Waals surface area contributed by atoms with Crippen LogP contribution in [0.25, 0.3) is 0 Å². The van der Waals surface area contributed by atoms with E-state index >= 15 is 0 Å². The van der Waals surface area contributed by atoms with Crippen LogP contribution in [0.4, 0.5) is 39.4 Å². The van der Waals surface area contributed by atoms with Gasteiger partial charge in [-0.3, -0.25) is 4.79 Å². The number of benzene rings is 3. The van der Waals surface area contributed by atoms with Crippen molar-refractivity contribution in [2.45, 2.75) is 6.18 Å². The molecule has 0 atom stereocenters. The number of hydrogen-bond donors (Lipinski definition) is 3. The van der Waals surface area contributed by atoms with Crippen LogP contribution in [0, 0.1) is 5.82 Å². The molecule has 154 valence electrons. The Kier molecular flexibility index (Phi) is 6.01. The third-order valence-electron chi connectivity index (χ3n) is 3.93. The van der Waals surface area contributed by atoms with Crippen LogP contribution >= 0.6 is 0 Å². The van der Waals surface area contributed by atoms with Crippen molar-refractivity contribution in [1.29, 1.82) is 0 Å². The molecule has 0 fully saturated rings. The first-order valence-electron chi connectivity index (χ1n) is 8.63. The summed E-state index contributed by atoms with van der Waals surface area (Å²) in [5.74, 6) is -0.940. The van der Waals surface area contributed by atoms with E-state index in [0.717, 1.165) is 24.3 Å². The number of amides is 3. The number of alkyl halides is 3. The van der Waals surface area contributed by atoms with Gasteiger partial charge in [-0.2, -0.15) is 13.2 Å². The number of nitrogens with one attached hydrogen (secondary N) is 3. The standard InChI is InChI=1S/C21H15F4N3O2/c22-15-9-7-13(8-10-15)19(29)26-17-5-2-6-18(12-17)28-20(30)27-16-4-1-3-14(11-16)21(23,24)25/h1-12H,(H,26,29)(H2,27,28,30). The lowest BCUT2D eigenvalue weighted by atomic mass is 10.2. The molecule has 0 bridgehead atoms. The maximum atomic E-state index is 13.0. The van der Waals surface area contributed by atoms with E-state index in [2.05, 4.69) is 16.0 Å². The summed E-state index contributed by atoms with van der Waals surface area (Å²) >= 11 is 0. The van der Waals surface area contributed by atoms with Gasteiger partial charge in [0.15, 0.2) is 0 Å². The number of carbonyl (C=O) groups excluding carboxylic acids is 2. The predicted molar refractivity (Wildman–Crippen MR) is 105 cm³/mol. The molecule has 5 nitrogen and oxygen atoms in total. The van der Waals surface area contributed by atoms with Crippen LogP contribution in [0.3, 0.4) is 0 Å². The molecule has 0 aliphatic rings. The number of rotatable bonds is 4. The highest BCUT2D eigenvalue weighted by atomic mass is 19.4. The summed E-state index contributed by atoms with van der Waals surface area (Å²) < 4.78 is 51.2.